The van der Waals surface area contributed by atoms with Gasteiger partial charge in [0.05, 0.1) is 24.2 Å². The van der Waals surface area contributed by atoms with E-state index in [0.717, 1.165) is 19.3 Å². The molecule has 1 aliphatic heterocycles. The Morgan fingerprint density at radius 3 is 2.22 bits per heavy atom. The molecular weight excluding hydrogens is 231 g/mol. The van der Waals surface area contributed by atoms with Crippen molar-refractivity contribution in [1.82, 2.24) is 0 Å². The lowest BCUT2D eigenvalue weighted by molar-refractivity contribution is -0.145. The lowest BCUT2D eigenvalue weighted by atomic mass is 9.70. The van der Waals surface area contributed by atoms with Crippen molar-refractivity contribution < 1.29 is 18.8 Å². The Labute approximate surface area is 110 Å². The van der Waals surface area contributed by atoms with Crippen molar-refractivity contribution in [2.45, 2.75) is 64.0 Å². The zero-order chi connectivity index (χ0) is 13.6. The monoisotopic (exact) mass is 254 g/mol. The summed E-state index contributed by atoms with van der Waals surface area (Å²) < 4.78 is 16.9. The van der Waals surface area contributed by atoms with E-state index in [4.69, 9.17) is 14.0 Å². The van der Waals surface area contributed by atoms with Crippen molar-refractivity contribution in [3.63, 3.8) is 0 Å². The van der Waals surface area contributed by atoms with Gasteiger partial charge in [-0.3, -0.25) is 4.79 Å². The molecule has 0 aromatic heterocycles. The van der Waals surface area contributed by atoms with E-state index in [2.05, 4.69) is 27.7 Å². The topological polar surface area (TPSA) is 44.8 Å². The van der Waals surface area contributed by atoms with Crippen LogP contribution in [-0.2, 0) is 18.8 Å². The van der Waals surface area contributed by atoms with Crippen molar-refractivity contribution >= 4 is 13.1 Å². The standard InChI is InChI=1S/C13H23BO4/c1-12(2)13(3,4)18-14(17-12)10-7-6-9(8-10)11(15)16-5/h9-10H,6-8H2,1-5H3/t9-,10?/m1/s1. The first-order valence-electron chi connectivity index (χ1n) is 6.70. The third-order valence-electron chi connectivity index (χ3n) is 4.66. The second kappa shape index (κ2) is 4.53. The molecule has 2 fully saturated rings. The number of hydrogen-bond acceptors (Lipinski definition) is 4. The van der Waals surface area contributed by atoms with Crippen molar-refractivity contribution in [3.8, 4) is 0 Å². The molecule has 0 amide bonds. The molecule has 0 radical (unpaired) electrons. The summed E-state index contributed by atoms with van der Waals surface area (Å²) in [6, 6.07) is 0. The SMILES string of the molecule is COC(=O)[C@@H]1CCC(B2OC(C)(C)C(C)(C)O2)C1. The maximum atomic E-state index is 11.5. The molecule has 5 heteroatoms. The van der Waals surface area contributed by atoms with Gasteiger partial charge in [-0.05, 0) is 46.4 Å². The van der Waals surface area contributed by atoms with Crippen LogP contribution in [0.5, 0.6) is 0 Å². The van der Waals surface area contributed by atoms with Crippen molar-refractivity contribution in [3.05, 3.63) is 0 Å². The minimum Gasteiger partial charge on any atom is -0.469 e. The number of carbonyl (C=O) groups excluding carboxylic acids is 1. The van der Waals surface area contributed by atoms with Gasteiger partial charge in [0.2, 0.25) is 0 Å². The van der Waals surface area contributed by atoms with Gasteiger partial charge in [-0.1, -0.05) is 6.42 Å². The van der Waals surface area contributed by atoms with E-state index >= 15 is 0 Å². The number of methoxy groups -OCH3 is 1. The Bertz CT molecular complexity index is 324. The van der Waals surface area contributed by atoms with Crippen LogP contribution in [0.4, 0.5) is 0 Å². The molecule has 2 aliphatic rings. The van der Waals surface area contributed by atoms with Crippen LogP contribution >= 0.6 is 0 Å². The molecule has 18 heavy (non-hydrogen) atoms. The molecule has 1 aliphatic carbocycles. The van der Waals surface area contributed by atoms with E-state index in [1.165, 1.54) is 7.11 Å². The first kappa shape index (κ1) is 13.9. The fraction of sp³-hybridized carbons (Fsp3) is 0.923. The van der Waals surface area contributed by atoms with Crippen LogP contribution in [-0.4, -0.2) is 31.4 Å². The van der Waals surface area contributed by atoms with Crippen LogP contribution in [0, 0.1) is 5.92 Å². The third-order valence-corrected chi connectivity index (χ3v) is 4.66. The number of ether oxygens (including phenoxy) is 1. The van der Waals surface area contributed by atoms with Crippen LogP contribution < -0.4 is 0 Å². The van der Waals surface area contributed by atoms with E-state index in [1.54, 1.807) is 0 Å². The Hall–Kier alpha value is -0.545. The summed E-state index contributed by atoms with van der Waals surface area (Å²) in [5.41, 5.74) is -0.581. The predicted octanol–water partition coefficient (Wildman–Crippen LogP) is 2.42. The molecule has 2 rings (SSSR count). The molecule has 4 nitrogen and oxygen atoms in total. The molecule has 2 atom stereocenters. The number of carbonyl (C=O) groups is 1. The van der Waals surface area contributed by atoms with Gasteiger partial charge in [0.25, 0.3) is 0 Å². The summed E-state index contributed by atoms with van der Waals surface area (Å²) in [5.74, 6) is 0.211. The molecule has 0 aromatic rings. The highest BCUT2D eigenvalue weighted by Crippen LogP contribution is 2.46. The van der Waals surface area contributed by atoms with Gasteiger partial charge in [-0.25, -0.2) is 0 Å². The Morgan fingerprint density at radius 1 is 1.17 bits per heavy atom. The van der Waals surface area contributed by atoms with E-state index in [0.29, 0.717) is 5.82 Å². The summed E-state index contributed by atoms with van der Waals surface area (Å²) in [6.45, 7) is 8.22. The maximum absolute atomic E-state index is 11.5. The van der Waals surface area contributed by atoms with E-state index in [1.807, 2.05) is 0 Å². The lowest BCUT2D eigenvalue weighted by Gasteiger charge is -2.32. The minimum absolute atomic E-state index is 0.0130. The largest absolute Gasteiger partial charge is 0.469 e. The van der Waals surface area contributed by atoms with Gasteiger partial charge >= 0.3 is 13.1 Å². The fourth-order valence-electron chi connectivity index (χ4n) is 2.73. The average Bonchev–Trinajstić information content (AvgIpc) is 2.82. The zero-order valence-electron chi connectivity index (χ0n) is 12.0. The Balaban J connectivity index is 1.98. The Kier molecular flexibility index (Phi) is 3.49. The summed E-state index contributed by atoms with van der Waals surface area (Å²) in [6.07, 6.45) is 2.65. The van der Waals surface area contributed by atoms with Gasteiger partial charge < -0.3 is 14.0 Å². The van der Waals surface area contributed by atoms with Gasteiger partial charge in [0.1, 0.15) is 0 Å². The zero-order valence-corrected chi connectivity index (χ0v) is 12.0. The highest BCUT2D eigenvalue weighted by atomic mass is 16.7. The van der Waals surface area contributed by atoms with Crippen LogP contribution in [0.15, 0.2) is 0 Å². The summed E-state index contributed by atoms with van der Waals surface area (Å²) in [4.78, 5) is 11.5. The smallest absolute Gasteiger partial charge is 0.461 e. The minimum atomic E-state index is -0.291. The van der Waals surface area contributed by atoms with Crippen LogP contribution in [0.3, 0.4) is 0 Å². The second-order valence-corrected chi connectivity index (χ2v) is 6.42. The molecular formula is C13H23BO4. The van der Waals surface area contributed by atoms with Crippen LogP contribution in [0.2, 0.25) is 5.82 Å². The van der Waals surface area contributed by atoms with Gasteiger partial charge in [0, 0.05) is 0 Å². The summed E-state index contributed by atoms with van der Waals surface area (Å²) >= 11 is 0. The number of esters is 1. The second-order valence-electron chi connectivity index (χ2n) is 6.42. The molecule has 1 saturated carbocycles. The first-order chi connectivity index (χ1) is 8.27. The summed E-state index contributed by atoms with van der Waals surface area (Å²) in [7, 11) is 1.26. The molecule has 0 spiro atoms. The quantitative estimate of drug-likeness (QED) is 0.560. The average molecular weight is 254 g/mol. The van der Waals surface area contributed by atoms with Crippen LogP contribution in [0.1, 0.15) is 47.0 Å². The molecule has 0 bridgehead atoms. The molecule has 1 unspecified atom stereocenters. The Morgan fingerprint density at radius 2 is 1.72 bits per heavy atom. The highest BCUT2D eigenvalue weighted by molar-refractivity contribution is 6.47. The molecule has 0 N–H and O–H groups in total. The van der Waals surface area contributed by atoms with Gasteiger partial charge in [0.15, 0.2) is 0 Å². The fourth-order valence-corrected chi connectivity index (χ4v) is 2.73. The van der Waals surface area contributed by atoms with Crippen molar-refractivity contribution in [2.75, 3.05) is 7.11 Å². The highest BCUT2D eigenvalue weighted by Gasteiger charge is 2.55. The van der Waals surface area contributed by atoms with E-state index in [-0.39, 0.29) is 30.2 Å². The van der Waals surface area contributed by atoms with Gasteiger partial charge in [-0.2, -0.15) is 0 Å². The predicted molar refractivity (Wildman–Crippen MR) is 69.2 cm³/mol. The van der Waals surface area contributed by atoms with Crippen LogP contribution in [0.25, 0.3) is 0 Å². The normalized spacial score (nSPS) is 33.7. The third kappa shape index (κ3) is 2.30. The van der Waals surface area contributed by atoms with E-state index < -0.39 is 0 Å². The summed E-state index contributed by atoms with van der Waals surface area (Å²) in [5, 5.41) is 0. The molecule has 1 saturated heterocycles. The molecule has 0 aromatic carbocycles. The molecule has 1 heterocycles. The van der Waals surface area contributed by atoms with Crippen molar-refractivity contribution in [1.29, 1.82) is 0 Å². The first-order valence-corrected chi connectivity index (χ1v) is 6.70. The molecule has 102 valence electrons. The maximum Gasteiger partial charge on any atom is 0.461 e. The lowest BCUT2D eigenvalue weighted by Crippen LogP contribution is -2.41. The van der Waals surface area contributed by atoms with Crippen molar-refractivity contribution in [2.24, 2.45) is 5.92 Å². The number of rotatable bonds is 2. The number of hydrogen-bond donors (Lipinski definition) is 0. The van der Waals surface area contributed by atoms with E-state index in [9.17, 15) is 4.79 Å². The van der Waals surface area contributed by atoms with Gasteiger partial charge in [-0.15, -0.1) is 0 Å².